The zero-order chi connectivity index (χ0) is 17.5. The fraction of sp³-hybridized carbons (Fsp3) is 0.250. The quantitative estimate of drug-likeness (QED) is 0.645. The Morgan fingerprint density at radius 1 is 1.00 bits per heavy atom. The minimum absolute atomic E-state index is 0.789. The Labute approximate surface area is 162 Å². The van der Waals surface area contributed by atoms with Gasteiger partial charge in [0.25, 0.3) is 0 Å². The Morgan fingerprint density at radius 2 is 1.68 bits per heavy atom. The average molecular weight is 419 g/mol. The number of piperazine rings is 1. The van der Waals surface area contributed by atoms with Gasteiger partial charge < -0.3 is 0 Å². The van der Waals surface area contributed by atoms with Crippen molar-refractivity contribution in [1.29, 1.82) is 0 Å². The van der Waals surface area contributed by atoms with Gasteiger partial charge in [-0.3, -0.25) is 9.91 Å². The van der Waals surface area contributed by atoms with E-state index in [1.807, 2.05) is 36.5 Å². The number of rotatable bonds is 5. The van der Waals surface area contributed by atoms with Crippen LogP contribution in [0.15, 0.2) is 64.2 Å². The molecule has 2 aromatic rings. The van der Waals surface area contributed by atoms with Crippen molar-refractivity contribution in [3.05, 3.63) is 75.2 Å². The molecule has 0 bridgehead atoms. The van der Waals surface area contributed by atoms with E-state index in [-0.39, 0.29) is 0 Å². The van der Waals surface area contributed by atoms with Gasteiger partial charge in [0.2, 0.25) is 0 Å². The third-order valence-electron chi connectivity index (χ3n) is 4.12. The van der Waals surface area contributed by atoms with Crippen molar-refractivity contribution < 1.29 is 0 Å². The summed E-state index contributed by atoms with van der Waals surface area (Å²) in [4.78, 5) is 2.45. The standard InChI is InChI=1S/C20H21BrClN3/c21-19(14-17-4-2-1-3-5-17)15-23-25-12-10-24(11-13-25)16-18-6-8-20(22)9-7-18/h1-9,14-15H,10-13,16H2/b19-14?,23-15+. The highest BCUT2D eigenvalue weighted by Crippen LogP contribution is 2.14. The summed E-state index contributed by atoms with van der Waals surface area (Å²) in [5.41, 5.74) is 2.46. The number of hydrogen-bond donors (Lipinski definition) is 0. The third kappa shape index (κ3) is 5.99. The molecule has 0 unspecified atom stereocenters. The second-order valence-electron chi connectivity index (χ2n) is 6.04. The van der Waals surface area contributed by atoms with Gasteiger partial charge in [0.15, 0.2) is 0 Å². The first kappa shape index (κ1) is 18.2. The van der Waals surface area contributed by atoms with Crippen LogP contribution in [0.5, 0.6) is 0 Å². The molecule has 5 heteroatoms. The van der Waals surface area contributed by atoms with E-state index >= 15 is 0 Å². The first-order chi connectivity index (χ1) is 12.2. The van der Waals surface area contributed by atoms with E-state index in [1.165, 1.54) is 5.56 Å². The van der Waals surface area contributed by atoms with E-state index in [0.29, 0.717) is 0 Å². The molecule has 1 heterocycles. The number of nitrogens with zero attached hydrogens (tertiary/aromatic N) is 3. The zero-order valence-electron chi connectivity index (χ0n) is 14.0. The summed E-state index contributed by atoms with van der Waals surface area (Å²) in [7, 11) is 0. The molecule has 0 amide bonds. The molecule has 0 atom stereocenters. The number of hydrogen-bond acceptors (Lipinski definition) is 3. The molecule has 1 aliphatic heterocycles. The molecule has 0 aliphatic carbocycles. The predicted molar refractivity (Wildman–Crippen MR) is 110 cm³/mol. The Kier molecular flexibility index (Phi) is 6.68. The SMILES string of the molecule is Clc1ccc(CN2CCN(/N=C/C(Br)=Cc3ccccc3)CC2)cc1. The smallest absolute Gasteiger partial charge is 0.0612 e. The molecule has 1 saturated heterocycles. The maximum atomic E-state index is 5.94. The summed E-state index contributed by atoms with van der Waals surface area (Å²) in [6.45, 7) is 4.87. The fourth-order valence-electron chi connectivity index (χ4n) is 2.74. The van der Waals surface area contributed by atoms with Gasteiger partial charge in [-0.2, -0.15) is 5.10 Å². The van der Waals surface area contributed by atoms with Gasteiger partial charge in [0.05, 0.1) is 6.21 Å². The lowest BCUT2D eigenvalue weighted by Crippen LogP contribution is -2.43. The van der Waals surface area contributed by atoms with Gasteiger partial charge >= 0.3 is 0 Å². The molecule has 0 aromatic heterocycles. The van der Waals surface area contributed by atoms with E-state index in [4.69, 9.17) is 11.6 Å². The molecule has 130 valence electrons. The Morgan fingerprint density at radius 3 is 2.36 bits per heavy atom. The van der Waals surface area contributed by atoms with Gasteiger partial charge in [-0.1, -0.05) is 54.1 Å². The molecule has 3 rings (SSSR count). The van der Waals surface area contributed by atoms with Gasteiger partial charge in [0.1, 0.15) is 0 Å². The molecule has 0 spiro atoms. The van der Waals surface area contributed by atoms with Crippen molar-refractivity contribution >= 4 is 39.8 Å². The maximum Gasteiger partial charge on any atom is 0.0612 e. The molecule has 0 radical (unpaired) electrons. The van der Waals surface area contributed by atoms with Crippen LogP contribution >= 0.6 is 27.5 Å². The summed E-state index contributed by atoms with van der Waals surface area (Å²) in [6.07, 6.45) is 3.95. The van der Waals surface area contributed by atoms with Gasteiger partial charge in [-0.25, -0.2) is 0 Å². The third-order valence-corrected chi connectivity index (χ3v) is 4.80. The number of halogens is 2. The van der Waals surface area contributed by atoms with E-state index in [0.717, 1.165) is 47.8 Å². The van der Waals surface area contributed by atoms with Crippen LogP contribution in [0.2, 0.25) is 5.02 Å². The topological polar surface area (TPSA) is 18.8 Å². The average Bonchev–Trinajstić information content (AvgIpc) is 2.64. The van der Waals surface area contributed by atoms with Crippen LogP contribution in [0, 0.1) is 0 Å². The molecular weight excluding hydrogens is 398 g/mol. The molecule has 3 nitrogen and oxygen atoms in total. The second-order valence-corrected chi connectivity index (χ2v) is 7.39. The highest BCUT2D eigenvalue weighted by Gasteiger charge is 2.15. The Bertz CT molecular complexity index is 720. The van der Waals surface area contributed by atoms with Crippen LogP contribution in [0.4, 0.5) is 0 Å². The van der Waals surface area contributed by atoms with Crippen LogP contribution in [0.1, 0.15) is 11.1 Å². The van der Waals surface area contributed by atoms with E-state index in [2.05, 4.69) is 61.3 Å². The monoisotopic (exact) mass is 417 g/mol. The minimum atomic E-state index is 0.789. The van der Waals surface area contributed by atoms with Crippen molar-refractivity contribution in [2.45, 2.75) is 6.54 Å². The lowest BCUT2D eigenvalue weighted by molar-refractivity contribution is 0.131. The highest BCUT2D eigenvalue weighted by atomic mass is 79.9. The molecule has 1 aliphatic rings. The van der Waals surface area contributed by atoms with Crippen molar-refractivity contribution in [3.8, 4) is 0 Å². The van der Waals surface area contributed by atoms with E-state index < -0.39 is 0 Å². The maximum absolute atomic E-state index is 5.94. The largest absolute Gasteiger partial charge is 0.295 e. The van der Waals surface area contributed by atoms with Crippen molar-refractivity contribution in [2.24, 2.45) is 5.10 Å². The van der Waals surface area contributed by atoms with Gasteiger partial charge in [0, 0.05) is 42.2 Å². The van der Waals surface area contributed by atoms with Crippen LogP contribution in [-0.2, 0) is 6.54 Å². The van der Waals surface area contributed by atoms with Gasteiger partial charge in [-0.15, -0.1) is 0 Å². The summed E-state index contributed by atoms with van der Waals surface area (Å²) in [5, 5.41) is 7.49. The highest BCUT2D eigenvalue weighted by molar-refractivity contribution is 9.12. The Balaban J connectivity index is 1.47. The zero-order valence-corrected chi connectivity index (χ0v) is 16.3. The summed E-state index contributed by atoms with van der Waals surface area (Å²) < 4.78 is 0.974. The predicted octanol–water partition coefficient (Wildman–Crippen LogP) is 4.88. The van der Waals surface area contributed by atoms with Crippen molar-refractivity contribution in [3.63, 3.8) is 0 Å². The minimum Gasteiger partial charge on any atom is -0.295 e. The van der Waals surface area contributed by atoms with Crippen LogP contribution in [-0.4, -0.2) is 42.3 Å². The molecule has 1 fully saturated rings. The molecule has 0 N–H and O–H groups in total. The molecule has 0 saturated carbocycles. The van der Waals surface area contributed by atoms with Crippen LogP contribution < -0.4 is 0 Å². The van der Waals surface area contributed by atoms with E-state index in [9.17, 15) is 0 Å². The number of hydrazone groups is 1. The van der Waals surface area contributed by atoms with Gasteiger partial charge in [-0.05, 0) is 45.3 Å². The second kappa shape index (κ2) is 9.18. The molecule has 25 heavy (non-hydrogen) atoms. The summed E-state index contributed by atoms with van der Waals surface area (Å²) in [6, 6.07) is 18.3. The van der Waals surface area contributed by atoms with Crippen LogP contribution in [0.25, 0.3) is 6.08 Å². The Hall–Kier alpha value is -1.62. The fourth-order valence-corrected chi connectivity index (χ4v) is 3.22. The van der Waals surface area contributed by atoms with Crippen molar-refractivity contribution in [2.75, 3.05) is 26.2 Å². The summed E-state index contributed by atoms with van der Waals surface area (Å²) in [5.74, 6) is 0. The number of allylic oxidation sites excluding steroid dienone is 1. The first-order valence-corrected chi connectivity index (χ1v) is 9.54. The normalized spacial score (nSPS) is 16.6. The summed E-state index contributed by atoms with van der Waals surface area (Å²) >= 11 is 9.51. The number of benzene rings is 2. The van der Waals surface area contributed by atoms with Crippen molar-refractivity contribution in [1.82, 2.24) is 9.91 Å². The molecule has 2 aromatic carbocycles. The molecular formula is C20H21BrClN3. The van der Waals surface area contributed by atoms with Crippen LogP contribution in [0.3, 0.4) is 0 Å². The lowest BCUT2D eigenvalue weighted by atomic mass is 10.2. The lowest BCUT2D eigenvalue weighted by Gasteiger charge is -2.33. The first-order valence-electron chi connectivity index (χ1n) is 8.37. The van der Waals surface area contributed by atoms with E-state index in [1.54, 1.807) is 0 Å².